The van der Waals surface area contributed by atoms with Crippen LogP contribution in [0.4, 0.5) is 0 Å². The van der Waals surface area contributed by atoms with Gasteiger partial charge in [0.25, 0.3) is 0 Å². The quantitative estimate of drug-likeness (QED) is 0.747. The molecule has 2 aliphatic rings. The van der Waals surface area contributed by atoms with Crippen molar-refractivity contribution in [2.45, 2.75) is 63.0 Å². The van der Waals surface area contributed by atoms with Gasteiger partial charge >= 0.3 is 0 Å². The highest BCUT2D eigenvalue weighted by Gasteiger charge is 2.33. The molecular weight excluding hydrogens is 212 g/mol. The van der Waals surface area contributed by atoms with E-state index in [9.17, 15) is 0 Å². The van der Waals surface area contributed by atoms with Gasteiger partial charge in [0.1, 0.15) is 0 Å². The summed E-state index contributed by atoms with van der Waals surface area (Å²) < 4.78 is 5.43. The van der Waals surface area contributed by atoms with Crippen LogP contribution in [0.1, 0.15) is 51.4 Å². The van der Waals surface area contributed by atoms with Crippen LogP contribution < -0.4 is 11.1 Å². The lowest BCUT2D eigenvalue weighted by molar-refractivity contribution is 0.0426. The molecule has 2 rings (SSSR count). The second kappa shape index (κ2) is 6.17. The molecule has 3 N–H and O–H groups in total. The number of hydrogen-bond donors (Lipinski definition) is 2. The average molecular weight is 240 g/mol. The number of nitrogens with one attached hydrogen (secondary N) is 1. The van der Waals surface area contributed by atoms with E-state index in [1.807, 2.05) is 7.11 Å². The molecule has 0 aromatic carbocycles. The van der Waals surface area contributed by atoms with Crippen molar-refractivity contribution in [1.29, 1.82) is 0 Å². The Morgan fingerprint density at radius 3 is 2.41 bits per heavy atom. The van der Waals surface area contributed by atoms with Crippen LogP contribution in [0, 0.1) is 5.92 Å². The molecule has 0 spiro atoms. The summed E-state index contributed by atoms with van der Waals surface area (Å²) >= 11 is 0. The normalized spacial score (nSPS) is 34.6. The molecule has 2 fully saturated rings. The summed E-state index contributed by atoms with van der Waals surface area (Å²) in [4.78, 5) is 0. The van der Waals surface area contributed by atoms with Crippen molar-refractivity contribution in [3.8, 4) is 0 Å². The number of hydrogen-bond acceptors (Lipinski definition) is 3. The van der Waals surface area contributed by atoms with Crippen LogP contribution in [0.3, 0.4) is 0 Å². The fraction of sp³-hybridized carbons (Fsp3) is 1.00. The van der Waals surface area contributed by atoms with Gasteiger partial charge in [0.2, 0.25) is 0 Å². The molecule has 0 aromatic heterocycles. The van der Waals surface area contributed by atoms with Crippen molar-refractivity contribution < 1.29 is 4.74 Å². The van der Waals surface area contributed by atoms with Gasteiger partial charge < -0.3 is 15.8 Å². The number of methoxy groups -OCH3 is 1. The molecule has 0 amide bonds. The van der Waals surface area contributed by atoms with Gasteiger partial charge in [-0.25, -0.2) is 0 Å². The SMILES string of the molecule is COC1CCC(CN)(NCCC2CCC2)CC1. The average Bonchev–Trinajstić information content (AvgIpc) is 2.33. The fourth-order valence-electron chi connectivity index (χ4n) is 3.16. The Hall–Kier alpha value is -0.120. The van der Waals surface area contributed by atoms with E-state index >= 15 is 0 Å². The predicted octanol–water partition coefficient (Wildman–Crippen LogP) is 2.05. The van der Waals surface area contributed by atoms with E-state index in [2.05, 4.69) is 5.32 Å². The second-order valence-corrected chi connectivity index (χ2v) is 5.93. The third-order valence-corrected chi connectivity index (χ3v) is 4.89. The molecule has 0 aromatic rings. The van der Waals surface area contributed by atoms with Crippen LogP contribution in [0.15, 0.2) is 0 Å². The van der Waals surface area contributed by atoms with Gasteiger partial charge in [0.15, 0.2) is 0 Å². The van der Waals surface area contributed by atoms with Crippen molar-refractivity contribution in [3.05, 3.63) is 0 Å². The zero-order chi connectivity index (χ0) is 12.1. The van der Waals surface area contributed by atoms with Gasteiger partial charge in [0.05, 0.1) is 6.10 Å². The van der Waals surface area contributed by atoms with Gasteiger partial charge in [-0.1, -0.05) is 19.3 Å². The van der Waals surface area contributed by atoms with Crippen LogP contribution >= 0.6 is 0 Å². The number of rotatable bonds is 6. The Morgan fingerprint density at radius 2 is 1.94 bits per heavy atom. The van der Waals surface area contributed by atoms with Crippen LogP contribution in [-0.2, 0) is 4.74 Å². The second-order valence-electron chi connectivity index (χ2n) is 5.93. The fourth-order valence-corrected chi connectivity index (χ4v) is 3.16. The molecule has 0 bridgehead atoms. The monoisotopic (exact) mass is 240 g/mol. The first-order chi connectivity index (χ1) is 8.28. The Labute approximate surface area is 105 Å². The summed E-state index contributed by atoms with van der Waals surface area (Å²) in [7, 11) is 1.82. The highest BCUT2D eigenvalue weighted by atomic mass is 16.5. The zero-order valence-corrected chi connectivity index (χ0v) is 11.2. The Kier molecular flexibility index (Phi) is 4.83. The standard InChI is InChI=1S/C14H28N2O/c1-17-13-5-8-14(11-15,9-6-13)16-10-7-12-3-2-4-12/h12-13,16H,2-11,15H2,1H3. The first kappa shape index (κ1) is 13.3. The van der Waals surface area contributed by atoms with E-state index in [0.29, 0.717) is 6.10 Å². The molecule has 2 saturated carbocycles. The Balaban J connectivity index is 1.70. The summed E-state index contributed by atoms with van der Waals surface area (Å²) in [5.74, 6) is 0.993. The van der Waals surface area contributed by atoms with E-state index in [4.69, 9.17) is 10.5 Å². The minimum atomic E-state index is 0.207. The molecule has 3 heteroatoms. The highest BCUT2D eigenvalue weighted by molar-refractivity contribution is 4.94. The van der Waals surface area contributed by atoms with Crippen molar-refractivity contribution in [1.82, 2.24) is 5.32 Å². The summed E-state index contributed by atoms with van der Waals surface area (Å²) in [5, 5.41) is 3.75. The molecule has 0 radical (unpaired) electrons. The largest absolute Gasteiger partial charge is 0.381 e. The lowest BCUT2D eigenvalue weighted by Crippen LogP contribution is -2.54. The van der Waals surface area contributed by atoms with Crippen LogP contribution in [-0.4, -0.2) is 31.8 Å². The summed E-state index contributed by atoms with van der Waals surface area (Å²) in [5.41, 5.74) is 6.19. The summed E-state index contributed by atoms with van der Waals surface area (Å²) in [6.45, 7) is 1.92. The molecule has 2 aliphatic carbocycles. The Bertz CT molecular complexity index is 220. The first-order valence-electron chi connectivity index (χ1n) is 7.26. The van der Waals surface area contributed by atoms with E-state index in [-0.39, 0.29) is 5.54 Å². The smallest absolute Gasteiger partial charge is 0.0572 e. The highest BCUT2D eigenvalue weighted by Crippen LogP contribution is 2.31. The van der Waals surface area contributed by atoms with Gasteiger partial charge in [0, 0.05) is 19.2 Å². The van der Waals surface area contributed by atoms with Gasteiger partial charge in [-0.3, -0.25) is 0 Å². The van der Waals surface area contributed by atoms with Gasteiger partial charge in [-0.2, -0.15) is 0 Å². The minimum absolute atomic E-state index is 0.207. The van der Waals surface area contributed by atoms with Crippen LogP contribution in [0.2, 0.25) is 0 Å². The predicted molar refractivity (Wildman–Crippen MR) is 71.0 cm³/mol. The van der Waals surface area contributed by atoms with E-state index in [1.165, 1.54) is 38.5 Å². The van der Waals surface area contributed by atoms with E-state index < -0.39 is 0 Å². The summed E-state index contributed by atoms with van der Waals surface area (Å²) in [6, 6.07) is 0. The lowest BCUT2D eigenvalue weighted by Gasteiger charge is -2.40. The third kappa shape index (κ3) is 3.43. The first-order valence-corrected chi connectivity index (χ1v) is 7.26. The molecule has 0 atom stereocenters. The molecule has 0 saturated heterocycles. The van der Waals surface area contributed by atoms with Crippen molar-refractivity contribution in [2.24, 2.45) is 11.7 Å². The molecule has 3 nitrogen and oxygen atoms in total. The summed E-state index contributed by atoms with van der Waals surface area (Å²) in [6.07, 6.45) is 10.8. The maximum Gasteiger partial charge on any atom is 0.0572 e. The van der Waals surface area contributed by atoms with Gasteiger partial charge in [-0.05, 0) is 44.6 Å². The van der Waals surface area contributed by atoms with Crippen LogP contribution in [0.25, 0.3) is 0 Å². The molecule has 0 aliphatic heterocycles. The van der Waals surface area contributed by atoms with Crippen molar-refractivity contribution in [3.63, 3.8) is 0 Å². The molecule has 0 unspecified atom stereocenters. The number of ether oxygens (including phenoxy) is 1. The Morgan fingerprint density at radius 1 is 1.24 bits per heavy atom. The zero-order valence-electron chi connectivity index (χ0n) is 11.2. The minimum Gasteiger partial charge on any atom is -0.381 e. The van der Waals surface area contributed by atoms with Crippen molar-refractivity contribution >= 4 is 0 Å². The lowest BCUT2D eigenvalue weighted by atomic mass is 9.79. The molecule has 100 valence electrons. The van der Waals surface area contributed by atoms with Gasteiger partial charge in [-0.15, -0.1) is 0 Å². The topological polar surface area (TPSA) is 47.3 Å². The maximum absolute atomic E-state index is 5.99. The van der Waals surface area contributed by atoms with Crippen molar-refractivity contribution in [2.75, 3.05) is 20.2 Å². The number of nitrogens with two attached hydrogens (primary N) is 1. The van der Waals surface area contributed by atoms with E-state index in [1.54, 1.807) is 0 Å². The molecule has 17 heavy (non-hydrogen) atoms. The maximum atomic E-state index is 5.99. The third-order valence-electron chi connectivity index (χ3n) is 4.89. The molecule has 0 heterocycles. The van der Waals surface area contributed by atoms with E-state index in [0.717, 1.165) is 31.8 Å². The van der Waals surface area contributed by atoms with Crippen LogP contribution in [0.5, 0.6) is 0 Å². The molecular formula is C14H28N2O.